The highest BCUT2D eigenvalue weighted by Crippen LogP contribution is 2.24. The Morgan fingerprint density at radius 3 is 2.73 bits per heavy atom. The third kappa shape index (κ3) is 6.12. The Labute approximate surface area is 194 Å². The van der Waals surface area contributed by atoms with Crippen LogP contribution in [-0.4, -0.2) is 37.1 Å². The topological polar surface area (TPSA) is 65.7 Å². The summed E-state index contributed by atoms with van der Waals surface area (Å²) >= 11 is 0. The number of aromatic nitrogens is 1. The Balaban J connectivity index is 1.36. The number of guanidine groups is 1. The standard InChI is InChI=1S/C26H32FN5O/c1-3-28-26(30-19(2)21-7-6-8-24(17-21)32-15-4-5-16-32)29-14-13-23-18-33-25(31-23)20-9-11-22(27)12-10-20/h6-12,17-19H,3-5,13-16H2,1-2H3,(H2,28,29,30). The summed E-state index contributed by atoms with van der Waals surface area (Å²) in [5.74, 6) is 0.990. The zero-order valence-corrected chi connectivity index (χ0v) is 19.4. The SMILES string of the molecule is CCNC(=NCCc1coc(-c2ccc(F)cc2)n1)NC(C)c1cccc(N2CCCC2)c1. The van der Waals surface area contributed by atoms with Crippen LogP contribution in [0.2, 0.25) is 0 Å². The first kappa shape index (κ1) is 22.8. The minimum Gasteiger partial charge on any atom is -0.444 e. The molecule has 7 heteroatoms. The molecule has 1 atom stereocenters. The summed E-state index contributed by atoms with van der Waals surface area (Å²) in [6, 6.07) is 15.0. The number of aliphatic imine (C=N–C) groups is 1. The van der Waals surface area contributed by atoms with Gasteiger partial charge in [0.05, 0.1) is 11.7 Å². The van der Waals surface area contributed by atoms with Gasteiger partial charge < -0.3 is 20.0 Å². The predicted octanol–water partition coefficient (Wildman–Crippen LogP) is 4.94. The van der Waals surface area contributed by atoms with Crippen molar-refractivity contribution < 1.29 is 8.81 Å². The fraction of sp³-hybridized carbons (Fsp3) is 0.385. The van der Waals surface area contributed by atoms with Crippen LogP contribution in [0, 0.1) is 5.82 Å². The van der Waals surface area contributed by atoms with E-state index in [-0.39, 0.29) is 11.9 Å². The summed E-state index contributed by atoms with van der Waals surface area (Å²) in [6.45, 7) is 7.85. The van der Waals surface area contributed by atoms with E-state index in [4.69, 9.17) is 9.41 Å². The molecule has 0 spiro atoms. The predicted molar refractivity (Wildman–Crippen MR) is 131 cm³/mol. The molecule has 4 rings (SSSR count). The summed E-state index contributed by atoms with van der Waals surface area (Å²) < 4.78 is 18.7. The first-order chi connectivity index (χ1) is 16.1. The Hall–Kier alpha value is -3.35. The van der Waals surface area contributed by atoms with Gasteiger partial charge >= 0.3 is 0 Å². The second kappa shape index (κ2) is 11.0. The van der Waals surface area contributed by atoms with Crippen LogP contribution in [0.4, 0.5) is 10.1 Å². The molecule has 1 aliphatic heterocycles. The third-order valence-corrected chi connectivity index (χ3v) is 5.82. The van der Waals surface area contributed by atoms with Crippen LogP contribution in [0.15, 0.2) is 64.2 Å². The molecule has 2 aromatic carbocycles. The monoisotopic (exact) mass is 449 g/mol. The smallest absolute Gasteiger partial charge is 0.226 e. The van der Waals surface area contributed by atoms with Gasteiger partial charge in [-0.05, 0) is 68.7 Å². The summed E-state index contributed by atoms with van der Waals surface area (Å²) in [6.07, 6.45) is 4.83. The van der Waals surface area contributed by atoms with Crippen molar-refractivity contribution in [3.05, 3.63) is 71.9 Å². The van der Waals surface area contributed by atoms with E-state index in [1.165, 1.54) is 36.2 Å². The number of benzene rings is 2. The van der Waals surface area contributed by atoms with Crippen LogP contribution >= 0.6 is 0 Å². The molecule has 33 heavy (non-hydrogen) atoms. The number of halogens is 1. The minimum atomic E-state index is -0.277. The average Bonchev–Trinajstić information content (AvgIpc) is 3.53. The highest BCUT2D eigenvalue weighted by molar-refractivity contribution is 5.80. The number of oxazole rings is 1. The molecule has 2 heterocycles. The summed E-state index contributed by atoms with van der Waals surface area (Å²) in [4.78, 5) is 11.7. The highest BCUT2D eigenvalue weighted by atomic mass is 19.1. The molecule has 0 bridgehead atoms. The van der Waals surface area contributed by atoms with Crippen molar-refractivity contribution in [2.45, 2.75) is 39.2 Å². The van der Waals surface area contributed by atoms with Crippen LogP contribution in [0.25, 0.3) is 11.5 Å². The van der Waals surface area contributed by atoms with Crippen molar-refractivity contribution in [3.8, 4) is 11.5 Å². The van der Waals surface area contributed by atoms with Crippen molar-refractivity contribution in [3.63, 3.8) is 0 Å². The van der Waals surface area contributed by atoms with Crippen molar-refractivity contribution in [1.82, 2.24) is 15.6 Å². The molecule has 174 valence electrons. The number of anilines is 1. The van der Waals surface area contributed by atoms with Gasteiger partial charge in [-0.3, -0.25) is 4.99 Å². The zero-order valence-electron chi connectivity index (χ0n) is 19.4. The lowest BCUT2D eigenvalue weighted by Crippen LogP contribution is -2.39. The quantitative estimate of drug-likeness (QED) is 0.377. The number of hydrogen-bond acceptors (Lipinski definition) is 4. The van der Waals surface area contributed by atoms with Gasteiger partial charge in [0.15, 0.2) is 5.96 Å². The van der Waals surface area contributed by atoms with Crippen LogP contribution in [0.3, 0.4) is 0 Å². The fourth-order valence-corrected chi connectivity index (χ4v) is 4.00. The molecular formula is C26H32FN5O. The molecule has 0 radical (unpaired) electrons. The van der Waals surface area contributed by atoms with E-state index in [9.17, 15) is 4.39 Å². The molecule has 0 amide bonds. The van der Waals surface area contributed by atoms with Crippen molar-refractivity contribution in [2.75, 3.05) is 31.1 Å². The molecule has 0 saturated carbocycles. The van der Waals surface area contributed by atoms with E-state index in [2.05, 4.69) is 58.6 Å². The number of nitrogens with one attached hydrogen (secondary N) is 2. The van der Waals surface area contributed by atoms with Gasteiger partial charge in [0.25, 0.3) is 0 Å². The number of hydrogen-bond donors (Lipinski definition) is 2. The van der Waals surface area contributed by atoms with Crippen LogP contribution in [0.1, 0.15) is 44.0 Å². The van der Waals surface area contributed by atoms with Gasteiger partial charge in [-0.15, -0.1) is 0 Å². The molecule has 1 saturated heterocycles. The maximum atomic E-state index is 13.1. The second-order valence-corrected chi connectivity index (χ2v) is 8.32. The largest absolute Gasteiger partial charge is 0.444 e. The first-order valence-electron chi connectivity index (χ1n) is 11.7. The summed E-state index contributed by atoms with van der Waals surface area (Å²) in [5, 5.41) is 6.84. The van der Waals surface area contributed by atoms with Crippen molar-refractivity contribution in [2.24, 2.45) is 4.99 Å². The molecule has 2 N–H and O–H groups in total. The molecule has 3 aromatic rings. The van der Waals surface area contributed by atoms with E-state index in [1.54, 1.807) is 18.4 Å². The zero-order chi connectivity index (χ0) is 23.0. The van der Waals surface area contributed by atoms with E-state index in [1.807, 2.05) is 0 Å². The second-order valence-electron chi connectivity index (χ2n) is 8.32. The maximum Gasteiger partial charge on any atom is 0.226 e. The van der Waals surface area contributed by atoms with E-state index >= 15 is 0 Å². The fourth-order valence-electron chi connectivity index (χ4n) is 4.00. The van der Waals surface area contributed by atoms with Crippen molar-refractivity contribution >= 4 is 11.6 Å². The Morgan fingerprint density at radius 1 is 1.18 bits per heavy atom. The highest BCUT2D eigenvalue weighted by Gasteiger charge is 2.14. The van der Waals surface area contributed by atoms with Gasteiger partial charge in [-0.1, -0.05) is 12.1 Å². The van der Waals surface area contributed by atoms with Crippen LogP contribution < -0.4 is 15.5 Å². The molecule has 6 nitrogen and oxygen atoms in total. The van der Waals surface area contributed by atoms with Gasteiger partial charge in [0, 0.05) is 43.9 Å². The maximum absolute atomic E-state index is 13.1. The molecule has 0 aliphatic carbocycles. The van der Waals surface area contributed by atoms with Gasteiger partial charge in [-0.2, -0.15) is 0 Å². The Morgan fingerprint density at radius 2 is 1.97 bits per heavy atom. The third-order valence-electron chi connectivity index (χ3n) is 5.82. The molecular weight excluding hydrogens is 417 g/mol. The number of nitrogens with zero attached hydrogens (tertiary/aromatic N) is 3. The normalized spacial score (nSPS) is 15.0. The van der Waals surface area contributed by atoms with E-state index in [0.29, 0.717) is 18.9 Å². The summed E-state index contributed by atoms with van der Waals surface area (Å²) in [5.41, 5.74) is 4.11. The van der Waals surface area contributed by atoms with Gasteiger partial charge in [0.1, 0.15) is 12.1 Å². The van der Waals surface area contributed by atoms with Gasteiger partial charge in [-0.25, -0.2) is 9.37 Å². The molecule has 1 fully saturated rings. The van der Waals surface area contributed by atoms with Crippen LogP contribution in [-0.2, 0) is 6.42 Å². The van der Waals surface area contributed by atoms with E-state index < -0.39 is 0 Å². The molecule has 1 unspecified atom stereocenters. The number of rotatable bonds is 8. The lowest BCUT2D eigenvalue weighted by atomic mass is 10.1. The first-order valence-corrected chi connectivity index (χ1v) is 11.7. The summed E-state index contributed by atoms with van der Waals surface area (Å²) in [7, 11) is 0. The van der Waals surface area contributed by atoms with Gasteiger partial charge in [0.2, 0.25) is 5.89 Å². The molecule has 1 aliphatic rings. The molecule has 1 aromatic heterocycles. The van der Waals surface area contributed by atoms with Crippen LogP contribution in [0.5, 0.6) is 0 Å². The lowest BCUT2D eigenvalue weighted by Gasteiger charge is -2.22. The lowest BCUT2D eigenvalue weighted by molar-refractivity contribution is 0.572. The van der Waals surface area contributed by atoms with E-state index in [0.717, 1.165) is 36.9 Å². The Kier molecular flexibility index (Phi) is 7.60. The average molecular weight is 450 g/mol. The minimum absolute atomic E-state index is 0.127. The van der Waals surface area contributed by atoms with Crippen molar-refractivity contribution in [1.29, 1.82) is 0 Å². The Bertz CT molecular complexity index is 1060.